The van der Waals surface area contributed by atoms with Crippen molar-refractivity contribution in [3.05, 3.63) is 63.7 Å². The fourth-order valence-electron chi connectivity index (χ4n) is 4.25. The number of hydrogen-bond acceptors (Lipinski definition) is 5. The third-order valence-corrected chi connectivity index (χ3v) is 5.21. The molecule has 0 bridgehead atoms. The monoisotopic (exact) mass is 336 g/mol. The maximum atomic E-state index is 13.1. The Balaban J connectivity index is 1.69. The van der Waals surface area contributed by atoms with Crippen LogP contribution in [-0.2, 0) is 15.9 Å². The van der Waals surface area contributed by atoms with Gasteiger partial charge in [0.15, 0.2) is 17.4 Å². The van der Waals surface area contributed by atoms with Gasteiger partial charge in [-0.25, -0.2) is 0 Å². The van der Waals surface area contributed by atoms with Crippen LogP contribution < -0.4 is 0 Å². The van der Waals surface area contributed by atoms with Crippen LogP contribution in [0.15, 0.2) is 30.3 Å². The van der Waals surface area contributed by atoms with Gasteiger partial charge in [-0.1, -0.05) is 6.07 Å². The lowest BCUT2D eigenvalue weighted by Crippen LogP contribution is -2.25. The van der Waals surface area contributed by atoms with Gasteiger partial charge in [-0.3, -0.25) is 9.59 Å². The molecule has 0 saturated carbocycles. The first-order valence-corrected chi connectivity index (χ1v) is 8.29. The standard InChI is InChI=1S/C20H16O5/c1-20(2)24-15-8-13-11(19(15)25-20)5-6-12-16(13)18(23)10-4-3-9(21)7-14(10)17(12)22/h3-7,15,19,21H,8H2,1-2H3. The highest BCUT2D eigenvalue weighted by Gasteiger charge is 2.49. The van der Waals surface area contributed by atoms with Crippen LogP contribution in [0, 0.1) is 0 Å². The van der Waals surface area contributed by atoms with E-state index in [1.807, 2.05) is 19.9 Å². The van der Waals surface area contributed by atoms with Crippen LogP contribution >= 0.6 is 0 Å². The summed E-state index contributed by atoms with van der Waals surface area (Å²) < 4.78 is 11.9. The highest BCUT2D eigenvalue weighted by Crippen LogP contribution is 2.48. The number of aromatic hydroxyl groups is 1. The summed E-state index contributed by atoms with van der Waals surface area (Å²) in [5, 5.41) is 9.66. The van der Waals surface area contributed by atoms with Gasteiger partial charge in [0, 0.05) is 28.7 Å². The molecule has 1 saturated heterocycles. The molecule has 5 rings (SSSR count). The van der Waals surface area contributed by atoms with E-state index in [9.17, 15) is 14.7 Å². The van der Waals surface area contributed by atoms with Crippen molar-refractivity contribution in [1.82, 2.24) is 0 Å². The van der Waals surface area contributed by atoms with Crippen molar-refractivity contribution >= 4 is 11.6 Å². The van der Waals surface area contributed by atoms with Crippen LogP contribution in [0.2, 0.25) is 0 Å². The van der Waals surface area contributed by atoms with E-state index in [1.165, 1.54) is 18.2 Å². The summed E-state index contributed by atoms with van der Waals surface area (Å²) in [5.41, 5.74) is 3.21. The van der Waals surface area contributed by atoms with E-state index in [2.05, 4.69) is 0 Å². The van der Waals surface area contributed by atoms with Gasteiger partial charge in [0.1, 0.15) is 11.9 Å². The zero-order valence-corrected chi connectivity index (χ0v) is 13.8. The molecule has 0 aromatic heterocycles. The molecular formula is C20H16O5. The summed E-state index contributed by atoms with van der Waals surface area (Å²) in [6, 6.07) is 7.86. The minimum absolute atomic E-state index is 0.0249. The molecule has 2 aliphatic carbocycles. The predicted octanol–water partition coefficient (Wildman–Crippen LogP) is 2.92. The van der Waals surface area contributed by atoms with Gasteiger partial charge < -0.3 is 14.6 Å². The number of benzene rings is 2. The largest absolute Gasteiger partial charge is 0.508 e. The molecule has 126 valence electrons. The molecule has 1 heterocycles. The van der Waals surface area contributed by atoms with Gasteiger partial charge in [0.05, 0.1) is 6.10 Å². The number of ketones is 2. The van der Waals surface area contributed by atoms with E-state index in [-0.39, 0.29) is 35.1 Å². The summed E-state index contributed by atoms with van der Waals surface area (Å²) in [4.78, 5) is 25.9. The molecule has 5 heteroatoms. The average Bonchev–Trinajstić information content (AvgIpc) is 3.03. The quantitative estimate of drug-likeness (QED) is 0.683. The first-order chi connectivity index (χ1) is 11.9. The third-order valence-electron chi connectivity index (χ3n) is 5.21. The Morgan fingerprint density at radius 2 is 1.76 bits per heavy atom. The van der Waals surface area contributed by atoms with E-state index in [1.54, 1.807) is 6.07 Å². The number of carbonyl (C=O) groups is 2. The number of fused-ring (bicyclic) bond motifs is 6. The molecule has 1 aliphatic heterocycles. The van der Waals surface area contributed by atoms with Gasteiger partial charge in [-0.2, -0.15) is 0 Å². The molecule has 2 unspecified atom stereocenters. The highest BCUT2D eigenvalue weighted by atomic mass is 16.8. The van der Waals surface area contributed by atoms with Crippen LogP contribution in [-0.4, -0.2) is 28.6 Å². The van der Waals surface area contributed by atoms with Crippen LogP contribution in [0.1, 0.15) is 62.9 Å². The predicted molar refractivity (Wildman–Crippen MR) is 87.9 cm³/mol. The first-order valence-electron chi connectivity index (χ1n) is 8.29. The Labute approximate surface area is 144 Å². The van der Waals surface area contributed by atoms with Crippen molar-refractivity contribution in [2.75, 3.05) is 0 Å². The minimum atomic E-state index is -0.646. The molecule has 3 aliphatic rings. The lowest BCUT2D eigenvalue weighted by atomic mass is 9.80. The maximum Gasteiger partial charge on any atom is 0.194 e. The van der Waals surface area contributed by atoms with E-state index >= 15 is 0 Å². The highest BCUT2D eigenvalue weighted by molar-refractivity contribution is 6.29. The Hall–Kier alpha value is -2.50. The van der Waals surface area contributed by atoms with Gasteiger partial charge in [-0.15, -0.1) is 0 Å². The van der Waals surface area contributed by atoms with E-state index in [4.69, 9.17) is 9.47 Å². The van der Waals surface area contributed by atoms with E-state index in [0.717, 1.165) is 11.1 Å². The average molecular weight is 336 g/mol. The molecule has 2 atom stereocenters. The number of carbonyl (C=O) groups excluding carboxylic acids is 2. The number of phenolic OH excluding ortho intramolecular Hbond substituents is 1. The second-order valence-corrected chi connectivity index (χ2v) is 7.24. The Morgan fingerprint density at radius 3 is 2.56 bits per heavy atom. The lowest BCUT2D eigenvalue weighted by molar-refractivity contribution is -0.148. The molecule has 0 radical (unpaired) electrons. The summed E-state index contributed by atoms with van der Waals surface area (Å²) in [6.07, 6.45) is 0.207. The number of rotatable bonds is 0. The molecule has 2 aromatic rings. The number of phenols is 1. The van der Waals surface area contributed by atoms with Gasteiger partial charge >= 0.3 is 0 Å². The normalized spacial score (nSPS) is 25.4. The summed E-state index contributed by atoms with van der Waals surface area (Å²) in [7, 11) is 0. The SMILES string of the molecule is CC1(C)OC2Cc3c(ccc4c3C(=O)c3ccc(O)cc3C4=O)C2O1. The van der Waals surface area contributed by atoms with E-state index < -0.39 is 5.79 Å². The zero-order chi connectivity index (χ0) is 17.5. The number of ether oxygens (including phenoxy) is 2. The van der Waals surface area contributed by atoms with Crippen LogP contribution in [0.3, 0.4) is 0 Å². The van der Waals surface area contributed by atoms with Gasteiger partial charge in [0.2, 0.25) is 0 Å². The second kappa shape index (κ2) is 4.56. The van der Waals surface area contributed by atoms with Crippen molar-refractivity contribution in [3.63, 3.8) is 0 Å². The third kappa shape index (κ3) is 1.91. The summed E-state index contributed by atoms with van der Waals surface area (Å²) in [6.45, 7) is 3.75. The molecule has 2 aromatic carbocycles. The Morgan fingerprint density at radius 1 is 1.00 bits per heavy atom. The van der Waals surface area contributed by atoms with Crippen molar-refractivity contribution in [2.24, 2.45) is 0 Å². The Kier molecular flexibility index (Phi) is 2.70. The minimum Gasteiger partial charge on any atom is -0.508 e. The smallest absolute Gasteiger partial charge is 0.194 e. The second-order valence-electron chi connectivity index (χ2n) is 7.24. The molecular weight excluding hydrogens is 320 g/mol. The number of hydrogen-bond donors (Lipinski definition) is 1. The van der Waals surface area contributed by atoms with Crippen LogP contribution in [0.5, 0.6) is 5.75 Å². The lowest BCUT2D eigenvalue weighted by Gasteiger charge is -2.23. The molecule has 1 fully saturated rings. The Bertz CT molecular complexity index is 972. The van der Waals surface area contributed by atoms with Crippen molar-refractivity contribution < 1.29 is 24.2 Å². The molecule has 0 amide bonds. The van der Waals surface area contributed by atoms with Crippen LogP contribution in [0.4, 0.5) is 0 Å². The fraction of sp³-hybridized carbons (Fsp3) is 0.300. The molecule has 5 nitrogen and oxygen atoms in total. The topological polar surface area (TPSA) is 72.8 Å². The van der Waals surface area contributed by atoms with Gasteiger partial charge in [-0.05, 0) is 49.2 Å². The molecule has 0 spiro atoms. The summed E-state index contributed by atoms with van der Waals surface area (Å²) in [5.74, 6) is -1.08. The van der Waals surface area contributed by atoms with Crippen molar-refractivity contribution in [2.45, 2.75) is 38.3 Å². The van der Waals surface area contributed by atoms with Crippen molar-refractivity contribution in [1.29, 1.82) is 0 Å². The summed E-state index contributed by atoms with van der Waals surface area (Å²) >= 11 is 0. The molecule has 1 N–H and O–H groups in total. The van der Waals surface area contributed by atoms with Crippen LogP contribution in [0.25, 0.3) is 0 Å². The molecule has 25 heavy (non-hydrogen) atoms. The van der Waals surface area contributed by atoms with Crippen molar-refractivity contribution in [3.8, 4) is 5.75 Å². The zero-order valence-electron chi connectivity index (χ0n) is 13.8. The fourth-order valence-corrected chi connectivity index (χ4v) is 4.25. The van der Waals surface area contributed by atoms with E-state index in [0.29, 0.717) is 23.1 Å². The maximum absolute atomic E-state index is 13.1. The first kappa shape index (κ1) is 14.8. The van der Waals surface area contributed by atoms with Gasteiger partial charge in [0.25, 0.3) is 0 Å².